The maximum absolute atomic E-state index is 12.4. The number of amides is 2. The smallest absolute Gasteiger partial charge is 0.265 e. The first kappa shape index (κ1) is 11.7. The molecule has 2 aromatic rings. The molecular weight excluding hydrogens is 238 g/mol. The third-order valence-corrected chi connectivity index (χ3v) is 3.29. The Kier molecular flexibility index (Phi) is 2.67. The predicted octanol–water partition coefficient (Wildman–Crippen LogP) is 2.72. The van der Waals surface area contributed by atoms with Crippen LogP contribution in [0, 0.1) is 6.92 Å². The van der Waals surface area contributed by atoms with E-state index in [0.29, 0.717) is 17.7 Å². The van der Waals surface area contributed by atoms with Crippen LogP contribution in [0.1, 0.15) is 21.5 Å². The number of imide groups is 1. The van der Waals surface area contributed by atoms with Gasteiger partial charge < -0.3 is 0 Å². The van der Waals surface area contributed by atoms with E-state index < -0.39 is 0 Å². The first-order valence-corrected chi connectivity index (χ1v) is 6.18. The SMILES string of the molecule is Cc1ccc2c(c1)CC(=O)N2C(=O)c1ccccc1. The van der Waals surface area contributed by atoms with E-state index in [9.17, 15) is 9.59 Å². The largest absolute Gasteiger partial charge is 0.274 e. The van der Waals surface area contributed by atoms with Gasteiger partial charge in [-0.2, -0.15) is 0 Å². The standard InChI is InChI=1S/C16H13NO2/c1-11-7-8-14-13(9-11)10-15(18)17(14)16(19)12-5-3-2-4-6-12/h2-9H,10H2,1H3. The third kappa shape index (κ3) is 1.93. The molecule has 3 nitrogen and oxygen atoms in total. The second-order valence-corrected chi connectivity index (χ2v) is 4.71. The van der Waals surface area contributed by atoms with Crippen LogP contribution in [-0.4, -0.2) is 11.8 Å². The van der Waals surface area contributed by atoms with Gasteiger partial charge in [0.15, 0.2) is 0 Å². The Bertz CT molecular complexity index is 662. The van der Waals surface area contributed by atoms with Crippen LogP contribution in [0.5, 0.6) is 0 Å². The minimum Gasteiger partial charge on any atom is -0.274 e. The minimum absolute atomic E-state index is 0.158. The Balaban J connectivity index is 2.03. The normalized spacial score (nSPS) is 13.5. The molecule has 1 heterocycles. The highest BCUT2D eigenvalue weighted by molar-refractivity contribution is 6.24. The number of hydrogen-bond acceptors (Lipinski definition) is 2. The molecule has 0 unspecified atom stereocenters. The molecule has 0 atom stereocenters. The van der Waals surface area contributed by atoms with E-state index in [2.05, 4.69) is 0 Å². The van der Waals surface area contributed by atoms with Gasteiger partial charge in [-0.1, -0.05) is 35.9 Å². The van der Waals surface area contributed by atoms with Gasteiger partial charge in [0.05, 0.1) is 12.1 Å². The van der Waals surface area contributed by atoms with Gasteiger partial charge >= 0.3 is 0 Å². The van der Waals surface area contributed by atoms with Gasteiger partial charge in [0.1, 0.15) is 0 Å². The van der Waals surface area contributed by atoms with E-state index >= 15 is 0 Å². The maximum Gasteiger partial charge on any atom is 0.265 e. The van der Waals surface area contributed by atoms with E-state index in [0.717, 1.165) is 11.1 Å². The average molecular weight is 251 g/mol. The van der Waals surface area contributed by atoms with Gasteiger partial charge in [-0.3, -0.25) is 9.59 Å². The topological polar surface area (TPSA) is 37.4 Å². The second kappa shape index (κ2) is 4.35. The van der Waals surface area contributed by atoms with Crippen LogP contribution in [0.4, 0.5) is 5.69 Å². The highest BCUT2D eigenvalue weighted by Gasteiger charge is 2.32. The number of rotatable bonds is 1. The molecule has 94 valence electrons. The summed E-state index contributed by atoms with van der Waals surface area (Å²) in [6, 6.07) is 14.6. The van der Waals surface area contributed by atoms with Crippen molar-refractivity contribution < 1.29 is 9.59 Å². The molecular formula is C16H13NO2. The van der Waals surface area contributed by atoms with Crippen LogP contribution < -0.4 is 4.90 Å². The van der Waals surface area contributed by atoms with E-state index in [1.807, 2.05) is 31.2 Å². The number of anilines is 1. The molecule has 0 aliphatic carbocycles. The van der Waals surface area contributed by atoms with Gasteiger partial charge in [-0.05, 0) is 30.7 Å². The van der Waals surface area contributed by atoms with Crippen molar-refractivity contribution in [3.8, 4) is 0 Å². The summed E-state index contributed by atoms with van der Waals surface area (Å²) >= 11 is 0. The van der Waals surface area contributed by atoms with Crippen molar-refractivity contribution in [2.75, 3.05) is 4.90 Å². The number of carbonyl (C=O) groups is 2. The van der Waals surface area contributed by atoms with Crippen molar-refractivity contribution in [1.29, 1.82) is 0 Å². The van der Waals surface area contributed by atoms with E-state index in [4.69, 9.17) is 0 Å². The van der Waals surface area contributed by atoms with Crippen LogP contribution in [0.15, 0.2) is 48.5 Å². The van der Waals surface area contributed by atoms with Crippen LogP contribution in [0.2, 0.25) is 0 Å². The fraction of sp³-hybridized carbons (Fsp3) is 0.125. The van der Waals surface area contributed by atoms with Crippen molar-refractivity contribution >= 4 is 17.5 Å². The van der Waals surface area contributed by atoms with Gasteiger partial charge in [0.25, 0.3) is 5.91 Å². The van der Waals surface area contributed by atoms with Crippen molar-refractivity contribution in [2.45, 2.75) is 13.3 Å². The Morgan fingerprint density at radius 3 is 2.58 bits per heavy atom. The van der Waals surface area contributed by atoms with Crippen molar-refractivity contribution in [3.05, 3.63) is 65.2 Å². The number of aryl methyl sites for hydroxylation is 1. The molecule has 0 radical (unpaired) electrons. The van der Waals surface area contributed by atoms with Crippen molar-refractivity contribution in [2.24, 2.45) is 0 Å². The summed E-state index contributed by atoms with van der Waals surface area (Å²) in [5.41, 5.74) is 3.27. The van der Waals surface area contributed by atoms with Crippen LogP contribution in [-0.2, 0) is 11.2 Å². The molecule has 0 N–H and O–H groups in total. The molecule has 2 amide bonds. The molecule has 0 saturated carbocycles. The third-order valence-electron chi connectivity index (χ3n) is 3.29. The second-order valence-electron chi connectivity index (χ2n) is 4.71. The summed E-state index contributed by atoms with van der Waals surface area (Å²) in [5.74, 6) is -0.414. The van der Waals surface area contributed by atoms with Gasteiger partial charge in [0, 0.05) is 5.56 Å². The first-order chi connectivity index (χ1) is 9.16. The zero-order chi connectivity index (χ0) is 13.4. The summed E-state index contributed by atoms with van der Waals surface area (Å²) in [6.07, 6.45) is 0.301. The van der Waals surface area contributed by atoms with E-state index in [1.165, 1.54) is 4.90 Å². The lowest BCUT2D eigenvalue weighted by atomic mass is 10.1. The minimum atomic E-state index is -0.256. The van der Waals surface area contributed by atoms with Crippen molar-refractivity contribution in [1.82, 2.24) is 0 Å². The van der Waals surface area contributed by atoms with Gasteiger partial charge in [0.2, 0.25) is 5.91 Å². The maximum atomic E-state index is 12.4. The van der Waals surface area contributed by atoms with Crippen LogP contribution in [0.3, 0.4) is 0 Å². The summed E-state index contributed by atoms with van der Waals surface area (Å²) in [4.78, 5) is 25.8. The van der Waals surface area contributed by atoms with Gasteiger partial charge in [-0.25, -0.2) is 4.90 Å². The van der Waals surface area contributed by atoms with Crippen LogP contribution in [0.25, 0.3) is 0 Å². The molecule has 3 heteroatoms. The molecule has 0 fully saturated rings. The highest BCUT2D eigenvalue weighted by atomic mass is 16.2. The number of benzene rings is 2. The lowest BCUT2D eigenvalue weighted by Crippen LogP contribution is -2.33. The predicted molar refractivity (Wildman–Crippen MR) is 73.1 cm³/mol. The van der Waals surface area contributed by atoms with Crippen molar-refractivity contribution in [3.63, 3.8) is 0 Å². The highest BCUT2D eigenvalue weighted by Crippen LogP contribution is 2.30. The van der Waals surface area contributed by atoms with Gasteiger partial charge in [-0.15, -0.1) is 0 Å². The first-order valence-electron chi connectivity index (χ1n) is 6.18. The monoisotopic (exact) mass is 251 g/mol. The lowest BCUT2D eigenvalue weighted by Gasteiger charge is -2.15. The zero-order valence-electron chi connectivity index (χ0n) is 10.6. The summed E-state index contributed by atoms with van der Waals surface area (Å²) in [5, 5.41) is 0. The number of fused-ring (bicyclic) bond motifs is 1. The Morgan fingerprint density at radius 1 is 1.11 bits per heavy atom. The molecule has 3 rings (SSSR count). The Morgan fingerprint density at radius 2 is 1.84 bits per heavy atom. The zero-order valence-corrected chi connectivity index (χ0v) is 10.6. The molecule has 0 spiro atoms. The van der Waals surface area contributed by atoms with E-state index in [-0.39, 0.29) is 11.8 Å². The molecule has 2 aromatic carbocycles. The fourth-order valence-corrected chi connectivity index (χ4v) is 2.38. The summed E-state index contributed by atoms with van der Waals surface area (Å²) < 4.78 is 0. The number of hydrogen-bond donors (Lipinski definition) is 0. The molecule has 0 aromatic heterocycles. The molecule has 1 aliphatic heterocycles. The Labute approximate surface area is 111 Å². The molecule has 1 aliphatic rings. The molecule has 19 heavy (non-hydrogen) atoms. The summed E-state index contributed by atoms with van der Waals surface area (Å²) in [6.45, 7) is 1.98. The quantitative estimate of drug-likeness (QED) is 0.731. The Hall–Kier alpha value is -2.42. The average Bonchev–Trinajstić information content (AvgIpc) is 2.74. The molecule has 0 saturated heterocycles. The number of carbonyl (C=O) groups excluding carboxylic acids is 2. The van der Waals surface area contributed by atoms with E-state index in [1.54, 1.807) is 24.3 Å². The number of nitrogens with zero attached hydrogens (tertiary/aromatic N) is 1. The molecule has 0 bridgehead atoms. The summed E-state index contributed by atoms with van der Waals surface area (Å²) in [7, 11) is 0. The lowest BCUT2D eigenvalue weighted by molar-refractivity contribution is -0.116. The fourth-order valence-electron chi connectivity index (χ4n) is 2.38. The van der Waals surface area contributed by atoms with Crippen LogP contribution >= 0.6 is 0 Å².